The molecule has 1 aliphatic heterocycles. The van der Waals surface area contributed by atoms with Gasteiger partial charge in [-0.05, 0) is 24.3 Å². The second-order valence-electron chi connectivity index (χ2n) is 7.11. The minimum atomic E-state index is -4.39. The Kier molecular flexibility index (Phi) is 5.08. The predicted octanol–water partition coefficient (Wildman–Crippen LogP) is 3.70. The number of alkyl halides is 3. The van der Waals surface area contributed by atoms with Crippen LogP contribution in [0, 0.1) is 11.3 Å². The fraction of sp³-hybridized carbons (Fsp3) is 0.286. The lowest BCUT2D eigenvalue weighted by molar-refractivity contribution is -0.137. The number of aromatic nitrogens is 3. The van der Waals surface area contributed by atoms with Crippen LogP contribution >= 0.6 is 0 Å². The highest BCUT2D eigenvalue weighted by molar-refractivity contribution is 5.62. The molecule has 0 aliphatic carbocycles. The number of aryl methyl sites for hydroxylation is 1. The quantitative estimate of drug-likeness (QED) is 0.657. The lowest BCUT2D eigenvalue weighted by Crippen LogP contribution is -2.47. The molecule has 0 saturated carbocycles. The summed E-state index contributed by atoms with van der Waals surface area (Å²) in [6.45, 7) is 2.86. The highest BCUT2D eigenvalue weighted by Gasteiger charge is 2.30. The van der Waals surface area contributed by atoms with Crippen LogP contribution in [-0.4, -0.2) is 40.7 Å². The molecule has 0 radical (unpaired) electrons. The topological polar surface area (TPSA) is 61.0 Å². The van der Waals surface area contributed by atoms with Crippen molar-refractivity contribution >= 4 is 11.8 Å². The Hall–Kier alpha value is -3.54. The number of halogens is 3. The molecule has 3 heterocycles. The molecule has 154 valence electrons. The van der Waals surface area contributed by atoms with Crippen molar-refractivity contribution in [3.63, 3.8) is 0 Å². The van der Waals surface area contributed by atoms with E-state index < -0.39 is 11.7 Å². The van der Waals surface area contributed by atoms with E-state index in [2.05, 4.69) is 25.8 Å². The van der Waals surface area contributed by atoms with E-state index in [9.17, 15) is 13.2 Å². The number of piperazine rings is 1. The first-order chi connectivity index (χ1) is 14.3. The molecule has 3 aromatic rings. The molecule has 4 rings (SSSR count). The molecule has 0 spiro atoms. The first-order valence-corrected chi connectivity index (χ1v) is 9.42. The Labute approximate surface area is 171 Å². The number of hydrogen-bond acceptors (Lipinski definition) is 5. The van der Waals surface area contributed by atoms with Crippen molar-refractivity contribution in [1.82, 2.24) is 14.5 Å². The highest BCUT2D eigenvalue weighted by Crippen LogP contribution is 2.32. The van der Waals surface area contributed by atoms with Crippen LogP contribution in [0.3, 0.4) is 0 Å². The van der Waals surface area contributed by atoms with Crippen LogP contribution < -0.4 is 9.80 Å². The van der Waals surface area contributed by atoms with E-state index >= 15 is 0 Å². The second-order valence-corrected chi connectivity index (χ2v) is 7.11. The molecule has 0 bridgehead atoms. The highest BCUT2D eigenvalue weighted by atomic mass is 19.4. The van der Waals surface area contributed by atoms with Crippen LogP contribution in [0.25, 0.3) is 11.3 Å². The molecule has 0 unspecified atom stereocenters. The SMILES string of the molecule is Cn1cc(-c2cccc(C(F)(F)F)c2)nc1N1CCN(c2ccc(C#N)cn2)CC1. The van der Waals surface area contributed by atoms with E-state index in [0.29, 0.717) is 29.9 Å². The fourth-order valence-electron chi connectivity index (χ4n) is 3.52. The minimum absolute atomic E-state index is 0.437. The molecule has 2 aromatic heterocycles. The number of nitrogens with zero attached hydrogens (tertiary/aromatic N) is 6. The molecular formula is C21H19F3N6. The van der Waals surface area contributed by atoms with Crippen molar-refractivity contribution in [2.24, 2.45) is 7.05 Å². The third kappa shape index (κ3) is 3.94. The fourth-order valence-corrected chi connectivity index (χ4v) is 3.52. The average Bonchev–Trinajstić information content (AvgIpc) is 3.15. The number of hydrogen-bond donors (Lipinski definition) is 0. The number of benzene rings is 1. The van der Waals surface area contributed by atoms with E-state index in [0.717, 1.165) is 37.0 Å². The molecule has 0 atom stereocenters. The third-order valence-electron chi connectivity index (χ3n) is 5.10. The zero-order valence-electron chi connectivity index (χ0n) is 16.3. The van der Waals surface area contributed by atoms with Gasteiger partial charge < -0.3 is 14.4 Å². The third-order valence-corrected chi connectivity index (χ3v) is 5.10. The van der Waals surface area contributed by atoms with Crippen molar-refractivity contribution < 1.29 is 13.2 Å². The van der Waals surface area contributed by atoms with Crippen molar-refractivity contribution in [3.8, 4) is 17.3 Å². The first kappa shape index (κ1) is 19.8. The van der Waals surface area contributed by atoms with Gasteiger partial charge >= 0.3 is 6.18 Å². The summed E-state index contributed by atoms with van der Waals surface area (Å²) in [5.41, 5.74) is 0.783. The molecule has 1 aromatic carbocycles. The summed E-state index contributed by atoms with van der Waals surface area (Å²) in [5, 5.41) is 8.89. The predicted molar refractivity (Wildman–Crippen MR) is 107 cm³/mol. The summed E-state index contributed by atoms with van der Waals surface area (Å²) in [6, 6.07) is 10.9. The molecule has 30 heavy (non-hydrogen) atoms. The normalized spacial score (nSPS) is 14.6. The Bertz CT molecular complexity index is 1070. The van der Waals surface area contributed by atoms with Crippen molar-refractivity contribution in [2.75, 3.05) is 36.0 Å². The summed E-state index contributed by atoms with van der Waals surface area (Å²) in [7, 11) is 1.84. The van der Waals surface area contributed by atoms with Gasteiger partial charge in [0.05, 0.1) is 16.8 Å². The van der Waals surface area contributed by atoms with E-state index in [1.54, 1.807) is 24.5 Å². The average molecular weight is 412 g/mol. The van der Waals surface area contributed by atoms with Gasteiger partial charge in [-0.15, -0.1) is 0 Å². The maximum absolute atomic E-state index is 13.0. The second kappa shape index (κ2) is 7.71. The van der Waals surface area contributed by atoms with Crippen LogP contribution in [0.2, 0.25) is 0 Å². The lowest BCUT2D eigenvalue weighted by Gasteiger charge is -2.35. The van der Waals surface area contributed by atoms with Gasteiger partial charge in [0, 0.05) is 51.2 Å². The van der Waals surface area contributed by atoms with Crippen LogP contribution in [0.15, 0.2) is 48.8 Å². The number of rotatable bonds is 3. The summed E-state index contributed by atoms with van der Waals surface area (Å²) in [4.78, 5) is 13.2. The summed E-state index contributed by atoms with van der Waals surface area (Å²) >= 11 is 0. The smallest absolute Gasteiger partial charge is 0.353 e. The molecule has 1 fully saturated rings. The van der Waals surface area contributed by atoms with Gasteiger partial charge in [-0.2, -0.15) is 18.4 Å². The Morgan fingerprint density at radius 3 is 2.40 bits per heavy atom. The number of pyridine rings is 1. The van der Waals surface area contributed by atoms with E-state index in [4.69, 9.17) is 5.26 Å². The van der Waals surface area contributed by atoms with E-state index in [1.807, 2.05) is 17.7 Å². The van der Waals surface area contributed by atoms with Gasteiger partial charge in [-0.3, -0.25) is 0 Å². The van der Waals surface area contributed by atoms with Crippen LogP contribution in [0.4, 0.5) is 24.9 Å². The molecule has 0 N–H and O–H groups in total. The number of anilines is 2. The largest absolute Gasteiger partial charge is 0.416 e. The lowest BCUT2D eigenvalue weighted by atomic mass is 10.1. The van der Waals surface area contributed by atoms with Gasteiger partial charge in [-0.25, -0.2) is 9.97 Å². The van der Waals surface area contributed by atoms with Gasteiger partial charge in [0.1, 0.15) is 11.9 Å². The van der Waals surface area contributed by atoms with Crippen molar-refractivity contribution in [2.45, 2.75) is 6.18 Å². The van der Waals surface area contributed by atoms with Crippen LogP contribution in [0.1, 0.15) is 11.1 Å². The van der Waals surface area contributed by atoms with Gasteiger partial charge in [-0.1, -0.05) is 12.1 Å². The van der Waals surface area contributed by atoms with Gasteiger partial charge in [0.2, 0.25) is 5.95 Å². The summed E-state index contributed by atoms with van der Waals surface area (Å²) in [5.74, 6) is 1.54. The Morgan fingerprint density at radius 1 is 1.03 bits per heavy atom. The van der Waals surface area contributed by atoms with Crippen LogP contribution in [-0.2, 0) is 13.2 Å². The van der Waals surface area contributed by atoms with E-state index in [1.165, 1.54) is 6.07 Å². The maximum Gasteiger partial charge on any atom is 0.416 e. The zero-order valence-corrected chi connectivity index (χ0v) is 16.3. The number of imidazole rings is 1. The summed E-state index contributed by atoms with van der Waals surface area (Å²) in [6.07, 6.45) is -1.08. The van der Waals surface area contributed by atoms with Crippen LogP contribution in [0.5, 0.6) is 0 Å². The Morgan fingerprint density at radius 2 is 1.77 bits per heavy atom. The molecule has 9 heteroatoms. The molecule has 6 nitrogen and oxygen atoms in total. The molecule has 0 amide bonds. The zero-order chi connectivity index (χ0) is 21.3. The minimum Gasteiger partial charge on any atom is -0.353 e. The monoisotopic (exact) mass is 412 g/mol. The van der Waals surface area contributed by atoms with Gasteiger partial charge in [0.15, 0.2) is 0 Å². The standard InChI is InChI=1S/C21H19F3N6/c1-28-14-18(16-3-2-4-17(11-16)21(22,23)24)27-20(28)30-9-7-29(8-10-30)19-6-5-15(12-25)13-26-19/h2-6,11,13-14H,7-10H2,1H3. The molecular weight excluding hydrogens is 393 g/mol. The Balaban J connectivity index is 1.49. The maximum atomic E-state index is 13.0. The van der Waals surface area contributed by atoms with Gasteiger partial charge in [0.25, 0.3) is 0 Å². The summed E-state index contributed by atoms with van der Waals surface area (Å²) < 4.78 is 40.9. The molecule has 1 saturated heterocycles. The first-order valence-electron chi connectivity index (χ1n) is 9.42. The van der Waals surface area contributed by atoms with E-state index in [-0.39, 0.29) is 0 Å². The number of nitriles is 1. The molecule has 1 aliphatic rings. The van der Waals surface area contributed by atoms with Crippen molar-refractivity contribution in [1.29, 1.82) is 5.26 Å². The van der Waals surface area contributed by atoms with Crippen molar-refractivity contribution in [3.05, 3.63) is 59.9 Å².